The number of halogens is 1. The molecule has 0 aromatic heterocycles. The van der Waals surface area contributed by atoms with Gasteiger partial charge in [0.2, 0.25) is 0 Å². The van der Waals surface area contributed by atoms with Crippen LogP contribution in [0, 0.1) is 6.92 Å². The van der Waals surface area contributed by atoms with Gasteiger partial charge < -0.3 is 5.32 Å². The third-order valence-electron chi connectivity index (χ3n) is 2.34. The van der Waals surface area contributed by atoms with E-state index in [0.29, 0.717) is 0 Å². The van der Waals surface area contributed by atoms with Crippen LogP contribution < -0.4 is 5.32 Å². The molecule has 1 rings (SSSR count). The van der Waals surface area contributed by atoms with Gasteiger partial charge in [-0.3, -0.25) is 0 Å². The van der Waals surface area contributed by atoms with Gasteiger partial charge in [-0.25, -0.2) is 0 Å². The van der Waals surface area contributed by atoms with Crippen molar-refractivity contribution in [3.8, 4) is 0 Å². The summed E-state index contributed by atoms with van der Waals surface area (Å²) in [5.74, 6) is 0. The third kappa shape index (κ3) is 3.37. The van der Waals surface area contributed by atoms with Crippen LogP contribution in [0.15, 0.2) is 30.9 Å². The van der Waals surface area contributed by atoms with Crippen molar-refractivity contribution in [3.63, 3.8) is 0 Å². The minimum absolute atomic E-state index is 0.151. The van der Waals surface area contributed by atoms with Gasteiger partial charge in [0, 0.05) is 5.02 Å². The van der Waals surface area contributed by atoms with Crippen molar-refractivity contribution in [3.05, 3.63) is 47.0 Å². The lowest BCUT2D eigenvalue weighted by molar-refractivity contribution is 0.613. The summed E-state index contributed by atoms with van der Waals surface area (Å²) >= 11 is 6.19. The van der Waals surface area contributed by atoms with Gasteiger partial charge in [-0.15, -0.1) is 6.58 Å². The average molecular weight is 224 g/mol. The normalized spacial score (nSPS) is 12.5. The van der Waals surface area contributed by atoms with E-state index in [-0.39, 0.29) is 6.04 Å². The molecule has 1 nitrogen and oxygen atoms in total. The van der Waals surface area contributed by atoms with Crippen LogP contribution in [-0.2, 0) is 0 Å². The van der Waals surface area contributed by atoms with E-state index in [1.807, 2.05) is 19.1 Å². The van der Waals surface area contributed by atoms with E-state index in [0.717, 1.165) is 23.6 Å². The van der Waals surface area contributed by atoms with E-state index in [9.17, 15) is 0 Å². The molecule has 0 amide bonds. The van der Waals surface area contributed by atoms with Crippen molar-refractivity contribution in [1.82, 2.24) is 5.32 Å². The summed E-state index contributed by atoms with van der Waals surface area (Å²) in [6.45, 7) is 8.99. The molecule has 82 valence electrons. The summed E-state index contributed by atoms with van der Waals surface area (Å²) in [6.07, 6.45) is 3.00. The standard InChI is InChI=1S/C13H18ClN/c1-4-8-15-13(5-2)11-7-6-10(3)9-12(11)14/h5-7,9,13,15H,2,4,8H2,1,3H3. The first-order valence-electron chi connectivity index (χ1n) is 5.31. The van der Waals surface area contributed by atoms with Crippen LogP contribution in [0.3, 0.4) is 0 Å². The molecule has 1 unspecified atom stereocenters. The van der Waals surface area contributed by atoms with Crippen molar-refractivity contribution in [2.75, 3.05) is 6.54 Å². The Labute approximate surface area is 97.1 Å². The predicted octanol–water partition coefficient (Wildman–Crippen LogP) is 3.88. The highest BCUT2D eigenvalue weighted by atomic mass is 35.5. The molecule has 0 aliphatic carbocycles. The summed E-state index contributed by atoms with van der Waals surface area (Å²) in [5, 5.41) is 4.20. The Hall–Kier alpha value is -0.790. The highest BCUT2D eigenvalue weighted by Crippen LogP contribution is 2.24. The molecular weight excluding hydrogens is 206 g/mol. The largest absolute Gasteiger partial charge is 0.307 e. The number of benzene rings is 1. The van der Waals surface area contributed by atoms with Gasteiger partial charge in [-0.1, -0.05) is 36.7 Å². The number of hydrogen-bond acceptors (Lipinski definition) is 1. The Morgan fingerprint density at radius 1 is 1.53 bits per heavy atom. The van der Waals surface area contributed by atoms with Crippen LogP contribution in [0.1, 0.15) is 30.5 Å². The number of aryl methyl sites for hydroxylation is 1. The molecule has 0 bridgehead atoms. The number of nitrogens with one attached hydrogen (secondary N) is 1. The van der Waals surface area contributed by atoms with Crippen molar-refractivity contribution in [1.29, 1.82) is 0 Å². The van der Waals surface area contributed by atoms with Gasteiger partial charge in [0.1, 0.15) is 0 Å². The smallest absolute Gasteiger partial charge is 0.0518 e. The van der Waals surface area contributed by atoms with Crippen LogP contribution in [0.25, 0.3) is 0 Å². The lowest BCUT2D eigenvalue weighted by Gasteiger charge is -2.16. The zero-order chi connectivity index (χ0) is 11.3. The van der Waals surface area contributed by atoms with E-state index >= 15 is 0 Å². The van der Waals surface area contributed by atoms with Gasteiger partial charge in [0.05, 0.1) is 6.04 Å². The first-order chi connectivity index (χ1) is 7.19. The Morgan fingerprint density at radius 2 is 2.27 bits per heavy atom. The summed E-state index contributed by atoms with van der Waals surface area (Å²) < 4.78 is 0. The topological polar surface area (TPSA) is 12.0 Å². The van der Waals surface area contributed by atoms with Gasteiger partial charge in [0.25, 0.3) is 0 Å². The molecule has 0 saturated carbocycles. The summed E-state index contributed by atoms with van der Waals surface area (Å²) in [7, 11) is 0. The van der Waals surface area contributed by atoms with Crippen LogP contribution in [0.5, 0.6) is 0 Å². The van der Waals surface area contributed by atoms with Crippen molar-refractivity contribution in [2.45, 2.75) is 26.3 Å². The lowest BCUT2D eigenvalue weighted by atomic mass is 10.0. The molecule has 0 aliphatic heterocycles. The van der Waals surface area contributed by atoms with Crippen LogP contribution in [0.4, 0.5) is 0 Å². The van der Waals surface area contributed by atoms with Crippen LogP contribution in [0.2, 0.25) is 5.02 Å². The van der Waals surface area contributed by atoms with Crippen LogP contribution >= 0.6 is 11.6 Å². The molecule has 0 heterocycles. The first-order valence-corrected chi connectivity index (χ1v) is 5.68. The summed E-state index contributed by atoms with van der Waals surface area (Å²) in [4.78, 5) is 0. The molecule has 0 fully saturated rings. The van der Waals surface area contributed by atoms with Gasteiger partial charge in [-0.05, 0) is 37.1 Å². The van der Waals surface area contributed by atoms with E-state index < -0.39 is 0 Å². The number of hydrogen-bond donors (Lipinski definition) is 1. The zero-order valence-electron chi connectivity index (χ0n) is 9.39. The molecule has 15 heavy (non-hydrogen) atoms. The SMILES string of the molecule is C=CC(NCCC)c1ccc(C)cc1Cl. The molecule has 2 heteroatoms. The molecule has 0 radical (unpaired) electrons. The molecule has 1 aromatic carbocycles. The summed E-state index contributed by atoms with van der Waals surface area (Å²) in [6, 6.07) is 6.28. The highest BCUT2D eigenvalue weighted by molar-refractivity contribution is 6.31. The minimum atomic E-state index is 0.151. The van der Waals surface area contributed by atoms with Crippen molar-refractivity contribution < 1.29 is 0 Å². The van der Waals surface area contributed by atoms with Crippen molar-refractivity contribution in [2.24, 2.45) is 0 Å². The van der Waals surface area contributed by atoms with E-state index in [4.69, 9.17) is 11.6 Å². The van der Waals surface area contributed by atoms with E-state index in [1.165, 1.54) is 5.56 Å². The third-order valence-corrected chi connectivity index (χ3v) is 2.67. The second-order valence-corrected chi connectivity index (χ2v) is 4.10. The molecule has 0 aliphatic rings. The second-order valence-electron chi connectivity index (χ2n) is 3.69. The first kappa shape index (κ1) is 12.3. The van der Waals surface area contributed by atoms with Gasteiger partial charge in [-0.2, -0.15) is 0 Å². The Morgan fingerprint density at radius 3 is 2.80 bits per heavy atom. The average Bonchev–Trinajstić information content (AvgIpc) is 2.21. The quantitative estimate of drug-likeness (QED) is 0.748. The lowest BCUT2D eigenvalue weighted by Crippen LogP contribution is -2.20. The maximum absolute atomic E-state index is 6.19. The van der Waals surface area contributed by atoms with Gasteiger partial charge in [0.15, 0.2) is 0 Å². The number of rotatable bonds is 5. The Kier molecular flexibility index (Phi) is 4.86. The minimum Gasteiger partial charge on any atom is -0.307 e. The second kappa shape index (κ2) is 5.94. The Balaban J connectivity index is 2.86. The fourth-order valence-electron chi connectivity index (χ4n) is 1.50. The highest BCUT2D eigenvalue weighted by Gasteiger charge is 2.09. The molecule has 0 saturated heterocycles. The predicted molar refractivity (Wildman–Crippen MR) is 67.4 cm³/mol. The maximum Gasteiger partial charge on any atom is 0.0518 e. The molecule has 1 aromatic rings. The maximum atomic E-state index is 6.19. The molecule has 0 spiro atoms. The van der Waals surface area contributed by atoms with E-state index in [1.54, 1.807) is 0 Å². The molecular formula is C13H18ClN. The zero-order valence-corrected chi connectivity index (χ0v) is 10.1. The monoisotopic (exact) mass is 223 g/mol. The fourth-order valence-corrected chi connectivity index (χ4v) is 1.86. The molecule has 1 N–H and O–H groups in total. The van der Waals surface area contributed by atoms with E-state index in [2.05, 4.69) is 31.0 Å². The van der Waals surface area contributed by atoms with Crippen molar-refractivity contribution >= 4 is 11.6 Å². The fraction of sp³-hybridized carbons (Fsp3) is 0.385. The Bertz CT molecular complexity index is 333. The van der Waals surface area contributed by atoms with Crippen LogP contribution in [-0.4, -0.2) is 6.54 Å². The van der Waals surface area contributed by atoms with Gasteiger partial charge >= 0.3 is 0 Å². The summed E-state index contributed by atoms with van der Waals surface area (Å²) in [5.41, 5.74) is 2.28. The molecule has 1 atom stereocenters.